The Kier molecular flexibility index (Phi) is 6.09. The van der Waals surface area contributed by atoms with Gasteiger partial charge in [-0.2, -0.15) is 0 Å². The van der Waals surface area contributed by atoms with E-state index in [4.69, 9.17) is 4.74 Å². The van der Waals surface area contributed by atoms with E-state index in [1.54, 1.807) is 0 Å². The van der Waals surface area contributed by atoms with Gasteiger partial charge in [-0.05, 0) is 88.1 Å². The fraction of sp³-hybridized carbons (Fsp3) is 0.333. The zero-order chi connectivity index (χ0) is 24.6. The summed E-state index contributed by atoms with van der Waals surface area (Å²) in [4.78, 5) is 0. The summed E-state index contributed by atoms with van der Waals surface area (Å²) < 4.78 is 6.23. The molecule has 186 valence electrons. The second kappa shape index (κ2) is 9.86. The summed E-state index contributed by atoms with van der Waals surface area (Å²) in [6.07, 6.45) is 22.0. The molecule has 0 heterocycles. The first kappa shape index (κ1) is 22.8. The standard InChI is InChI=1S/C36H36O/c1-2-8-25(9-3-1)24-37-33-20-18-28(19-21-33)34-35(31-16-14-26-10-4-6-12-29(26)22-31)36(34)32-17-15-27-11-5-7-13-30(27)23-32/h4-7,10,12-23,25,27,34-36H,1-3,8-9,11,24H2. The lowest BCUT2D eigenvalue weighted by Crippen LogP contribution is -2.15. The van der Waals surface area contributed by atoms with Crippen molar-refractivity contribution in [2.24, 2.45) is 17.8 Å². The van der Waals surface area contributed by atoms with Crippen LogP contribution in [0.5, 0.6) is 5.75 Å². The highest BCUT2D eigenvalue weighted by molar-refractivity contribution is 5.83. The van der Waals surface area contributed by atoms with Gasteiger partial charge >= 0.3 is 0 Å². The predicted molar refractivity (Wildman–Crippen MR) is 154 cm³/mol. The quantitative estimate of drug-likeness (QED) is 0.339. The molecule has 0 amide bonds. The van der Waals surface area contributed by atoms with Crippen LogP contribution in [-0.2, 0) is 0 Å². The molecule has 7 rings (SSSR count). The molecule has 37 heavy (non-hydrogen) atoms. The third-order valence-electron chi connectivity index (χ3n) is 9.14. The van der Waals surface area contributed by atoms with Crippen molar-refractivity contribution < 1.29 is 4.74 Å². The lowest BCUT2D eigenvalue weighted by Gasteiger charge is -2.21. The van der Waals surface area contributed by atoms with Gasteiger partial charge in [-0.3, -0.25) is 0 Å². The monoisotopic (exact) mass is 484 g/mol. The number of benzene rings is 3. The van der Waals surface area contributed by atoms with E-state index in [1.165, 1.54) is 65.1 Å². The summed E-state index contributed by atoms with van der Waals surface area (Å²) in [6.45, 7) is 0.869. The minimum Gasteiger partial charge on any atom is -0.493 e. The Morgan fingerprint density at radius 3 is 2.38 bits per heavy atom. The topological polar surface area (TPSA) is 9.23 Å². The third kappa shape index (κ3) is 4.61. The van der Waals surface area contributed by atoms with Crippen LogP contribution in [0.3, 0.4) is 0 Å². The molecular weight excluding hydrogens is 448 g/mol. The molecular formula is C36H36O. The van der Waals surface area contributed by atoms with E-state index >= 15 is 0 Å². The minimum atomic E-state index is 0.501. The number of allylic oxidation sites excluding steroid dienone is 8. The largest absolute Gasteiger partial charge is 0.493 e. The molecule has 3 aromatic carbocycles. The summed E-state index contributed by atoms with van der Waals surface area (Å²) >= 11 is 0. The van der Waals surface area contributed by atoms with Gasteiger partial charge in [0.15, 0.2) is 0 Å². The number of fused-ring (bicyclic) bond motifs is 2. The van der Waals surface area contributed by atoms with Gasteiger partial charge < -0.3 is 4.74 Å². The number of hydrogen-bond acceptors (Lipinski definition) is 1. The van der Waals surface area contributed by atoms with E-state index in [0.29, 0.717) is 23.7 Å². The smallest absolute Gasteiger partial charge is 0.119 e. The van der Waals surface area contributed by atoms with Gasteiger partial charge in [-0.15, -0.1) is 0 Å². The first-order valence-corrected chi connectivity index (χ1v) is 14.3. The van der Waals surface area contributed by atoms with Crippen molar-refractivity contribution in [3.8, 4) is 5.75 Å². The lowest BCUT2D eigenvalue weighted by molar-refractivity contribution is 0.209. The molecule has 0 N–H and O–H groups in total. The van der Waals surface area contributed by atoms with E-state index in [1.807, 2.05) is 0 Å². The van der Waals surface area contributed by atoms with Crippen molar-refractivity contribution in [3.05, 3.63) is 125 Å². The molecule has 0 saturated heterocycles. The van der Waals surface area contributed by atoms with E-state index in [-0.39, 0.29) is 0 Å². The van der Waals surface area contributed by atoms with Crippen molar-refractivity contribution in [3.63, 3.8) is 0 Å². The van der Waals surface area contributed by atoms with Gasteiger partial charge in [-0.1, -0.05) is 110 Å². The van der Waals surface area contributed by atoms with Crippen molar-refractivity contribution in [1.29, 1.82) is 0 Å². The summed E-state index contributed by atoms with van der Waals surface area (Å²) in [5.74, 6) is 3.82. The van der Waals surface area contributed by atoms with Gasteiger partial charge in [0.25, 0.3) is 0 Å². The van der Waals surface area contributed by atoms with E-state index in [9.17, 15) is 0 Å². The summed E-state index contributed by atoms with van der Waals surface area (Å²) in [7, 11) is 0. The Morgan fingerprint density at radius 1 is 0.730 bits per heavy atom. The van der Waals surface area contributed by atoms with E-state index in [0.717, 1.165) is 24.7 Å². The van der Waals surface area contributed by atoms with Crippen molar-refractivity contribution in [1.82, 2.24) is 0 Å². The predicted octanol–water partition coefficient (Wildman–Crippen LogP) is 9.29. The molecule has 0 spiro atoms. The molecule has 0 aromatic heterocycles. The van der Waals surface area contributed by atoms with Crippen LogP contribution >= 0.6 is 0 Å². The summed E-state index contributed by atoms with van der Waals surface area (Å²) in [5.41, 5.74) is 5.84. The maximum absolute atomic E-state index is 6.23. The van der Waals surface area contributed by atoms with E-state index in [2.05, 4.69) is 103 Å². The summed E-state index contributed by atoms with van der Waals surface area (Å²) in [5, 5.41) is 2.66. The molecule has 2 saturated carbocycles. The van der Waals surface area contributed by atoms with Gasteiger partial charge in [-0.25, -0.2) is 0 Å². The lowest BCUT2D eigenvalue weighted by atomic mass is 9.84. The molecule has 4 aliphatic rings. The SMILES string of the molecule is C1=CCC2C=CC(C3C(c4ccc(OCC5CCCCC5)cc4)C3c3ccc4ccccc4c3)=CC2=C1. The highest BCUT2D eigenvalue weighted by Crippen LogP contribution is 2.64. The summed E-state index contributed by atoms with van der Waals surface area (Å²) in [6, 6.07) is 24.9. The van der Waals surface area contributed by atoms with E-state index < -0.39 is 0 Å². The van der Waals surface area contributed by atoms with Crippen molar-refractivity contribution >= 4 is 10.8 Å². The first-order chi connectivity index (χ1) is 18.3. The van der Waals surface area contributed by atoms with Gasteiger partial charge in [0.1, 0.15) is 5.75 Å². The van der Waals surface area contributed by atoms with Crippen LogP contribution in [0.1, 0.15) is 61.5 Å². The maximum atomic E-state index is 6.23. The number of rotatable bonds is 6. The zero-order valence-corrected chi connectivity index (χ0v) is 21.6. The molecule has 1 nitrogen and oxygen atoms in total. The van der Waals surface area contributed by atoms with Gasteiger partial charge in [0, 0.05) is 5.92 Å². The van der Waals surface area contributed by atoms with Crippen LogP contribution in [0.4, 0.5) is 0 Å². The molecule has 0 aliphatic heterocycles. The van der Waals surface area contributed by atoms with Crippen molar-refractivity contribution in [2.75, 3.05) is 6.61 Å². The van der Waals surface area contributed by atoms with Gasteiger partial charge in [0.2, 0.25) is 0 Å². The second-order valence-corrected chi connectivity index (χ2v) is 11.5. The van der Waals surface area contributed by atoms with Crippen LogP contribution in [0, 0.1) is 17.8 Å². The molecule has 3 aromatic rings. The minimum absolute atomic E-state index is 0.501. The average molecular weight is 485 g/mol. The number of hydrogen-bond donors (Lipinski definition) is 0. The second-order valence-electron chi connectivity index (χ2n) is 11.5. The highest BCUT2D eigenvalue weighted by atomic mass is 16.5. The fourth-order valence-electron chi connectivity index (χ4n) is 7.01. The maximum Gasteiger partial charge on any atom is 0.119 e. The Labute approximate surface area is 221 Å². The van der Waals surface area contributed by atoms with Crippen LogP contribution in [0.15, 0.2) is 114 Å². The average Bonchev–Trinajstić information content (AvgIpc) is 3.72. The Morgan fingerprint density at radius 2 is 1.51 bits per heavy atom. The molecule has 4 aliphatic carbocycles. The molecule has 4 unspecified atom stereocenters. The molecule has 2 fully saturated rings. The fourth-order valence-corrected chi connectivity index (χ4v) is 7.01. The van der Waals surface area contributed by atoms with Crippen LogP contribution in [-0.4, -0.2) is 6.61 Å². The van der Waals surface area contributed by atoms with Crippen LogP contribution < -0.4 is 4.74 Å². The Balaban J connectivity index is 1.16. The highest BCUT2D eigenvalue weighted by Gasteiger charge is 2.53. The van der Waals surface area contributed by atoms with Gasteiger partial charge in [0.05, 0.1) is 6.61 Å². The Hall–Kier alpha value is -3.32. The molecule has 0 radical (unpaired) electrons. The van der Waals surface area contributed by atoms with Crippen LogP contribution in [0.25, 0.3) is 10.8 Å². The zero-order valence-electron chi connectivity index (χ0n) is 21.6. The molecule has 4 atom stereocenters. The molecule has 0 bridgehead atoms. The normalized spacial score (nSPS) is 26.9. The molecule has 1 heteroatoms. The first-order valence-electron chi connectivity index (χ1n) is 14.3. The van der Waals surface area contributed by atoms with Crippen molar-refractivity contribution in [2.45, 2.75) is 50.4 Å². The Bertz CT molecular complexity index is 1400. The third-order valence-corrected chi connectivity index (χ3v) is 9.14. The van der Waals surface area contributed by atoms with Crippen LogP contribution in [0.2, 0.25) is 0 Å². The number of ether oxygens (including phenoxy) is 1.